The molecule has 3 heteroatoms. The van der Waals surface area contributed by atoms with Gasteiger partial charge in [0.25, 0.3) is 0 Å². The van der Waals surface area contributed by atoms with Crippen LogP contribution in [0.25, 0.3) is 0 Å². The fourth-order valence-electron chi connectivity index (χ4n) is 3.08. The molecular weight excluding hydrogens is 340 g/mol. The summed E-state index contributed by atoms with van der Waals surface area (Å²) in [7, 11) is -1.36. The smallest absolute Gasteiger partial charge is 0.0792 e. The Kier molecular flexibility index (Phi) is 5.91. The predicted molar refractivity (Wildman–Crippen MR) is 99.7 cm³/mol. The van der Waals surface area contributed by atoms with Crippen LogP contribution in [-0.4, -0.2) is 20.4 Å². The SMILES string of the molecule is CC(C)(COC(C(C)(C)C)[Si](C)(C)C)c1ccc(Br)cc1. The van der Waals surface area contributed by atoms with Crippen molar-refractivity contribution in [2.24, 2.45) is 5.41 Å². The monoisotopic (exact) mass is 370 g/mol. The van der Waals surface area contributed by atoms with E-state index in [1.54, 1.807) is 0 Å². The van der Waals surface area contributed by atoms with E-state index in [2.05, 4.69) is 94.5 Å². The molecule has 1 rings (SSSR count). The molecule has 0 spiro atoms. The molecule has 0 bridgehead atoms. The average Bonchev–Trinajstić information content (AvgIpc) is 2.25. The number of ether oxygens (including phenoxy) is 1. The minimum Gasteiger partial charge on any atom is -0.380 e. The van der Waals surface area contributed by atoms with Gasteiger partial charge < -0.3 is 4.74 Å². The molecule has 0 fully saturated rings. The minimum absolute atomic E-state index is 0.0316. The highest BCUT2D eigenvalue weighted by molar-refractivity contribution is 9.10. The molecule has 21 heavy (non-hydrogen) atoms. The Morgan fingerprint density at radius 3 is 1.86 bits per heavy atom. The van der Waals surface area contributed by atoms with Crippen molar-refractivity contribution >= 4 is 24.0 Å². The van der Waals surface area contributed by atoms with Crippen molar-refractivity contribution in [2.45, 2.75) is 65.4 Å². The molecular formula is C18H31BrOSi. The van der Waals surface area contributed by atoms with Crippen LogP contribution in [0.4, 0.5) is 0 Å². The highest BCUT2D eigenvalue weighted by atomic mass is 79.9. The van der Waals surface area contributed by atoms with E-state index < -0.39 is 8.07 Å². The van der Waals surface area contributed by atoms with E-state index in [4.69, 9.17) is 4.74 Å². The summed E-state index contributed by atoms with van der Waals surface area (Å²) >= 11 is 3.50. The van der Waals surface area contributed by atoms with Crippen LogP contribution in [-0.2, 0) is 10.2 Å². The molecule has 1 unspecified atom stereocenters. The first-order chi connectivity index (χ1) is 9.34. The molecule has 0 radical (unpaired) electrons. The zero-order valence-electron chi connectivity index (χ0n) is 14.9. The Labute approximate surface area is 140 Å². The fourth-order valence-corrected chi connectivity index (χ4v) is 6.52. The van der Waals surface area contributed by atoms with Gasteiger partial charge in [0.2, 0.25) is 0 Å². The maximum atomic E-state index is 6.47. The van der Waals surface area contributed by atoms with Crippen molar-refractivity contribution in [1.82, 2.24) is 0 Å². The summed E-state index contributed by atoms with van der Waals surface area (Å²) in [5.74, 6) is 0. The van der Waals surface area contributed by atoms with Crippen LogP contribution in [0.15, 0.2) is 28.7 Å². The van der Waals surface area contributed by atoms with Gasteiger partial charge in [-0.05, 0) is 23.1 Å². The maximum Gasteiger partial charge on any atom is 0.0792 e. The van der Waals surface area contributed by atoms with E-state index >= 15 is 0 Å². The average molecular weight is 371 g/mol. The lowest BCUT2D eigenvalue weighted by Gasteiger charge is -2.41. The van der Waals surface area contributed by atoms with Gasteiger partial charge in [-0.1, -0.05) is 82.3 Å². The molecule has 1 atom stereocenters. The number of halogens is 1. The van der Waals surface area contributed by atoms with E-state index in [1.165, 1.54) is 5.56 Å². The number of hydrogen-bond acceptors (Lipinski definition) is 1. The third-order valence-electron chi connectivity index (χ3n) is 3.81. The Hall–Kier alpha value is -0.123. The minimum atomic E-state index is -1.36. The molecule has 0 saturated carbocycles. The number of rotatable bonds is 5. The second-order valence-corrected chi connectivity index (χ2v) is 15.0. The summed E-state index contributed by atoms with van der Waals surface area (Å²) < 4.78 is 7.59. The van der Waals surface area contributed by atoms with Gasteiger partial charge in [-0.3, -0.25) is 0 Å². The lowest BCUT2D eigenvalue weighted by atomic mass is 9.85. The fraction of sp³-hybridized carbons (Fsp3) is 0.667. The Morgan fingerprint density at radius 2 is 1.48 bits per heavy atom. The van der Waals surface area contributed by atoms with Gasteiger partial charge in [-0.15, -0.1) is 0 Å². The van der Waals surface area contributed by atoms with Crippen molar-refractivity contribution in [3.05, 3.63) is 34.3 Å². The van der Waals surface area contributed by atoms with Crippen LogP contribution < -0.4 is 0 Å². The molecule has 120 valence electrons. The van der Waals surface area contributed by atoms with Crippen LogP contribution >= 0.6 is 15.9 Å². The highest BCUT2D eigenvalue weighted by Gasteiger charge is 2.38. The van der Waals surface area contributed by atoms with Crippen molar-refractivity contribution in [2.75, 3.05) is 6.61 Å². The highest BCUT2D eigenvalue weighted by Crippen LogP contribution is 2.33. The van der Waals surface area contributed by atoms with Crippen molar-refractivity contribution in [3.63, 3.8) is 0 Å². The first-order valence-electron chi connectivity index (χ1n) is 7.72. The van der Waals surface area contributed by atoms with Gasteiger partial charge in [0.15, 0.2) is 0 Å². The Bertz CT molecular complexity index is 438. The summed E-state index contributed by atoms with van der Waals surface area (Å²) in [5, 5.41) is 0. The molecule has 1 aromatic carbocycles. The van der Waals surface area contributed by atoms with Crippen LogP contribution in [0.3, 0.4) is 0 Å². The van der Waals surface area contributed by atoms with Gasteiger partial charge >= 0.3 is 0 Å². The van der Waals surface area contributed by atoms with E-state index in [1.807, 2.05) is 0 Å². The Morgan fingerprint density at radius 1 is 1.00 bits per heavy atom. The summed E-state index contributed by atoms with van der Waals surface area (Å²) in [6.45, 7) is 19.4. The van der Waals surface area contributed by atoms with Crippen LogP contribution in [0, 0.1) is 5.41 Å². The number of hydrogen-bond donors (Lipinski definition) is 0. The molecule has 0 aliphatic heterocycles. The maximum absolute atomic E-state index is 6.47. The van der Waals surface area contributed by atoms with E-state index in [9.17, 15) is 0 Å². The molecule has 0 saturated heterocycles. The summed E-state index contributed by atoms with van der Waals surface area (Å²) in [4.78, 5) is 0. The molecule has 0 aromatic heterocycles. The summed E-state index contributed by atoms with van der Waals surface area (Å²) in [5.41, 5.74) is 1.91. The van der Waals surface area contributed by atoms with Crippen LogP contribution in [0.1, 0.15) is 40.2 Å². The predicted octanol–water partition coefficient (Wildman–Crippen LogP) is 6.04. The largest absolute Gasteiger partial charge is 0.380 e. The lowest BCUT2D eigenvalue weighted by Crippen LogP contribution is -2.50. The molecule has 1 nitrogen and oxygen atoms in total. The van der Waals surface area contributed by atoms with E-state index in [0.29, 0.717) is 5.73 Å². The van der Waals surface area contributed by atoms with Gasteiger partial charge in [-0.2, -0.15) is 0 Å². The third kappa shape index (κ3) is 5.54. The topological polar surface area (TPSA) is 9.23 Å². The van der Waals surface area contributed by atoms with Gasteiger partial charge in [0.1, 0.15) is 0 Å². The quantitative estimate of drug-likeness (QED) is 0.574. The van der Waals surface area contributed by atoms with Gasteiger partial charge in [-0.25, -0.2) is 0 Å². The summed E-state index contributed by atoms with van der Waals surface area (Å²) in [6, 6.07) is 8.59. The lowest BCUT2D eigenvalue weighted by molar-refractivity contribution is 0.00770. The first kappa shape index (κ1) is 18.9. The second-order valence-electron chi connectivity index (χ2n) is 8.81. The van der Waals surface area contributed by atoms with Crippen LogP contribution in [0.5, 0.6) is 0 Å². The molecule has 0 N–H and O–H groups in total. The van der Waals surface area contributed by atoms with Crippen LogP contribution in [0.2, 0.25) is 19.6 Å². The summed E-state index contributed by atoms with van der Waals surface area (Å²) in [6.07, 6.45) is 0. The third-order valence-corrected chi connectivity index (χ3v) is 6.94. The molecule has 0 aliphatic rings. The molecule has 0 heterocycles. The van der Waals surface area contributed by atoms with E-state index in [0.717, 1.165) is 11.1 Å². The normalized spacial score (nSPS) is 15.1. The van der Waals surface area contributed by atoms with Gasteiger partial charge in [0.05, 0.1) is 20.4 Å². The zero-order chi connectivity index (χ0) is 16.5. The Balaban J connectivity index is 2.86. The van der Waals surface area contributed by atoms with Crippen molar-refractivity contribution in [1.29, 1.82) is 0 Å². The van der Waals surface area contributed by atoms with E-state index in [-0.39, 0.29) is 10.8 Å². The zero-order valence-corrected chi connectivity index (χ0v) is 17.5. The second kappa shape index (κ2) is 6.55. The van der Waals surface area contributed by atoms with Gasteiger partial charge in [0, 0.05) is 9.89 Å². The molecule has 1 aromatic rings. The molecule has 0 aliphatic carbocycles. The van der Waals surface area contributed by atoms with Crippen molar-refractivity contribution < 1.29 is 4.74 Å². The standard InChI is InChI=1S/C18H31BrOSi/c1-17(2,3)16(21(6,7)8)20-13-18(4,5)14-9-11-15(19)12-10-14/h9-12,16H,13H2,1-8H3. The molecule has 0 amide bonds. The number of benzene rings is 1. The first-order valence-corrected chi connectivity index (χ1v) is 12.1. The van der Waals surface area contributed by atoms with Crippen molar-refractivity contribution in [3.8, 4) is 0 Å².